The summed E-state index contributed by atoms with van der Waals surface area (Å²) in [5, 5.41) is 9.26. The minimum Gasteiger partial charge on any atom is -0.746 e. The summed E-state index contributed by atoms with van der Waals surface area (Å²) in [6, 6.07) is 10.9. The summed E-state index contributed by atoms with van der Waals surface area (Å²) in [4.78, 5) is 24.1. The van der Waals surface area contributed by atoms with Gasteiger partial charge in [0.15, 0.2) is 5.78 Å². The van der Waals surface area contributed by atoms with Crippen molar-refractivity contribution >= 4 is 21.7 Å². The third-order valence-electron chi connectivity index (χ3n) is 3.51. The van der Waals surface area contributed by atoms with Crippen LogP contribution in [0.15, 0.2) is 42.5 Å². The number of ketones is 2. The Kier molecular flexibility index (Phi) is 3.21. The molecule has 0 saturated carbocycles. The minimum atomic E-state index is -5.16. The average Bonchev–Trinajstić information content (AvgIpc) is 2.78. The predicted octanol–water partition coefficient (Wildman–Crippen LogP) is 0.944. The van der Waals surface area contributed by atoms with Gasteiger partial charge in [-0.25, -0.2) is 8.42 Å². The number of hydrogen-bond acceptors (Lipinski definition) is 6. The molecule has 6 nitrogen and oxygen atoms in total. The average molecular weight is 317 g/mol. The molecular formula is C15H9O6S-. The molecule has 0 radical (unpaired) electrons. The number of Topliss-reactive ketones (excluding diaryl/α,β-unsaturated/α-hetero) is 1. The summed E-state index contributed by atoms with van der Waals surface area (Å²) in [5.74, 6) is -1.54. The second kappa shape index (κ2) is 4.84. The highest BCUT2D eigenvalue weighted by atomic mass is 32.2. The van der Waals surface area contributed by atoms with E-state index in [0.29, 0.717) is 11.1 Å². The van der Waals surface area contributed by atoms with Crippen LogP contribution < -0.4 is 0 Å². The molecule has 1 aliphatic rings. The number of hydrogen-bond donors (Lipinski definition) is 1. The summed E-state index contributed by atoms with van der Waals surface area (Å²) >= 11 is 0. The van der Waals surface area contributed by atoms with Crippen molar-refractivity contribution in [3.63, 3.8) is 0 Å². The molecule has 0 fully saturated rings. The molecule has 0 amide bonds. The predicted molar refractivity (Wildman–Crippen MR) is 75.3 cm³/mol. The van der Waals surface area contributed by atoms with Crippen molar-refractivity contribution in [3.8, 4) is 11.1 Å². The minimum absolute atomic E-state index is 0.202. The zero-order chi connectivity index (χ0) is 16.1. The lowest BCUT2D eigenvalue weighted by molar-refractivity contribution is 0.0847. The van der Waals surface area contributed by atoms with E-state index in [-0.39, 0.29) is 16.9 Å². The Hall–Kier alpha value is -2.35. The maximum atomic E-state index is 12.3. The molecule has 1 aliphatic carbocycles. The van der Waals surface area contributed by atoms with E-state index in [9.17, 15) is 27.7 Å². The normalized spacial score (nSPS) is 14.4. The first-order valence-corrected chi connectivity index (χ1v) is 7.73. The van der Waals surface area contributed by atoms with Crippen molar-refractivity contribution in [1.82, 2.24) is 0 Å². The molecule has 0 spiro atoms. The number of rotatable bonds is 3. The van der Waals surface area contributed by atoms with Gasteiger partial charge in [0.05, 0.1) is 0 Å². The van der Waals surface area contributed by atoms with Crippen LogP contribution in [-0.2, 0) is 10.1 Å². The van der Waals surface area contributed by atoms with Gasteiger partial charge in [0.2, 0.25) is 11.2 Å². The van der Waals surface area contributed by atoms with E-state index in [1.54, 1.807) is 24.3 Å². The van der Waals surface area contributed by atoms with Gasteiger partial charge < -0.3 is 9.66 Å². The molecule has 0 saturated heterocycles. The monoisotopic (exact) mass is 317 g/mol. The molecular weight excluding hydrogens is 308 g/mol. The zero-order valence-corrected chi connectivity index (χ0v) is 11.8. The van der Waals surface area contributed by atoms with E-state index in [0.717, 1.165) is 5.56 Å². The quantitative estimate of drug-likeness (QED) is 0.568. The Morgan fingerprint density at radius 1 is 1.00 bits per heavy atom. The molecule has 0 aromatic heterocycles. The van der Waals surface area contributed by atoms with Gasteiger partial charge in [-0.15, -0.1) is 0 Å². The van der Waals surface area contributed by atoms with Gasteiger partial charge in [0, 0.05) is 16.7 Å². The van der Waals surface area contributed by atoms with Crippen molar-refractivity contribution < 1.29 is 27.7 Å². The fourth-order valence-corrected chi connectivity index (χ4v) is 2.85. The van der Waals surface area contributed by atoms with Crippen LogP contribution in [0.5, 0.6) is 0 Å². The van der Waals surface area contributed by atoms with Gasteiger partial charge >= 0.3 is 0 Å². The second-order valence-corrected chi connectivity index (χ2v) is 6.28. The molecule has 2 aromatic rings. The van der Waals surface area contributed by atoms with E-state index in [2.05, 4.69) is 0 Å². The lowest BCUT2D eigenvalue weighted by atomic mass is 10.0. The Bertz CT molecular complexity index is 913. The van der Waals surface area contributed by atoms with E-state index in [1.165, 1.54) is 18.2 Å². The molecule has 3 rings (SSSR count). The Morgan fingerprint density at radius 2 is 1.59 bits per heavy atom. The molecule has 112 valence electrons. The molecule has 22 heavy (non-hydrogen) atoms. The van der Waals surface area contributed by atoms with Gasteiger partial charge in [-0.3, -0.25) is 9.59 Å². The smallest absolute Gasteiger partial charge is 0.207 e. The summed E-state index contributed by atoms with van der Waals surface area (Å²) in [6.45, 7) is 0. The molecule has 0 bridgehead atoms. The van der Waals surface area contributed by atoms with Gasteiger partial charge in [0.25, 0.3) is 0 Å². The zero-order valence-electron chi connectivity index (χ0n) is 11.0. The Labute approximate surface area is 125 Å². The SMILES string of the molecule is O=C1c2ccccc2-c2ccc(C(=O)[C@H](O)S(=O)(=O)[O-])cc21. The summed E-state index contributed by atoms with van der Waals surface area (Å²) < 4.78 is 32.2. The van der Waals surface area contributed by atoms with E-state index in [4.69, 9.17) is 0 Å². The fourth-order valence-electron chi connectivity index (χ4n) is 2.45. The number of carbonyl (C=O) groups is 2. The lowest BCUT2D eigenvalue weighted by Gasteiger charge is -2.14. The second-order valence-electron chi connectivity index (χ2n) is 4.84. The van der Waals surface area contributed by atoms with Crippen LogP contribution in [0, 0.1) is 0 Å². The first-order chi connectivity index (χ1) is 10.3. The van der Waals surface area contributed by atoms with Crippen molar-refractivity contribution in [1.29, 1.82) is 0 Å². The number of benzene rings is 2. The van der Waals surface area contributed by atoms with Crippen LogP contribution in [0.25, 0.3) is 11.1 Å². The standard InChI is InChI=1S/C15H10O6S/c16-13(15(18)22(19,20)21)8-5-6-10-9-3-1-2-4-11(9)14(17)12(10)7-8/h1-7,15,18H,(H,19,20,21)/p-1/t15-/m1/s1. The number of aliphatic hydroxyl groups excluding tert-OH is 1. The highest BCUT2D eigenvalue weighted by Crippen LogP contribution is 2.36. The van der Waals surface area contributed by atoms with Crippen LogP contribution in [0.3, 0.4) is 0 Å². The summed E-state index contributed by atoms with van der Waals surface area (Å²) in [6.07, 6.45) is 0. The molecule has 0 unspecified atom stereocenters. The maximum absolute atomic E-state index is 12.3. The number of carbonyl (C=O) groups excluding carboxylic acids is 2. The van der Waals surface area contributed by atoms with Crippen molar-refractivity contribution in [2.45, 2.75) is 5.44 Å². The molecule has 1 N–H and O–H groups in total. The highest BCUT2D eigenvalue weighted by Gasteiger charge is 2.29. The van der Waals surface area contributed by atoms with Crippen LogP contribution >= 0.6 is 0 Å². The van der Waals surface area contributed by atoms with E-state index in [1.807, 2.05) is 0 Å². The van der Waals surface area contributed by atoms with Crippen LogP contribution in [0.2, 0.25) is 0 Å². The third-order valence-corrected chi connectivity index (χ3v) is 4.27. The Morgan fingerprint density at radius 3 is 2.23 bits per heavy atom. The van der Waals surface area contributed by atoms with Crippen molar-refractivity contribution in [2.24, 2.45) is 0 Å². The topological polar surface area (TPSA) is 112 Å². The molecule has 2 aromatic carbocycles. The summed E-state index contributed by atoms with van der Waals surface area (Å²) in [5.41, 5.74) is -0.812. The van der Waals surface area contributed by atoms with Crippen LogP contribution in [0.4, 0.5) is 0 Å². The largest absolute Gasteiger partial charge is 0.746 e. The number of aliphatic hydroxyl groups is 1. The van der Waals surface area contributed by atoms with Crippen molar-refractivity contribution in [2.75, 3.05) is 0 Å². The van der Waals surface area contributed by atoms with Crippen LogP contribution in [-0.4, -0.2) is 35.1 Å². The molecule has 1 atom stereocenters. The Balaban J connectivity index is 2.08. The maximum Gasteiger partial charge on any atom is 0.207 e. The molecule has 0 heterocycles. The van der Waals surface area contributed by atoms with Crippen LogP contribution in [0.1, 0.15) is 26.3 Å². The first kappa shape index (κ1) is 14.6. The lowest BCUT2D eigenvalue weighted by Crippen LogP contribution is -2.29. The van der Waals surface area contributed by atoms with Gasteiger partial charge in [-0.2, -0.15) is 0 Å². The molecule has 7 heteroatoms. The first-order valence-electron chi connectivity index (χ1n) is 6.26. The highest BCUT2D eigenvalue weighted by molar-refractivity contribution is 7.87. The fraction of sp³-hybridized carbons (Fsp3) is 0.0667. The van der Waals surface area contributed by atoms with Gasteiger partial charge in [-0.1, -0.05) is 36.4 Å². The van der Waals surface area contributed by atoms with Gasteiger partial charge in [0.1, 0.15) is 10.1 Å². The third kappa shape index (κ3) is 2.16. The van der Waals surface area contributed by atoms with Crippen molar-refractivity contribution in [3.05, 3.63) is 59.2 Å². The van der Waals surface area contributed by atoms with Gasteiger partial charge in [-0.05, 0) is 17.2 Å². The summed E-state index contributed by atoms with van der Waals surface area (Å²) in [7, 11) is -5.16. The van der Waals surface area contributed by atoms with E-state index >= 15 is 0 Å². The molecule has 0 aliphatic heterocycles. The van der Waals surface area contributed by atoms with E-state index < -0.39 is 21.3 Å². The number of fused-ring (bicyclic) bond motifs is 3.